The molecule has 0 amide bonds. The number of carboxylic acid groups (broad SMARTS) is 2. The van der Waals surface area contributed by atoms with Crippen LogP contribution >= 0.6 is 45.2 Å². The van der Waals surface area contributed by atoms with E-state index in [0.29, 0.717) is 34.5 Å². The summed E-state index contributed by atoms with van der Waals surface area (Å²) in [4.78, 5) is 48.1. The molecule has 1 unspecified atom stereocenters. The number of carbonyl (C=O) groups excluding carboxylic acids is 2. The quantitative estimate of drug-likeness (QED) is 0.0965. The summed E-state index contributed by atoms with van der Waals surface area (Å²) in [6, 6.07) is 11.0. The number of benzene rings is 2. The highest BCUT2D eigenvalue weighted by molar-refractivity contribution is 14.1. The van der Waals surface area contributed by atoms with Crippen LogP contribution in [0.5, 0.6) is 5.75 Å². The maximum atomic E-state index is 13.7. The number of aliphatic hydroxyl groups is 2. The summed E-state index contributed by atoms with van der Waals surface area (Å²) in [5.41, 5.74) is 1.50. The van der Waals surface area contributed by atoms with Crippen molar-refractivity contribution in [2.24, 2.45) is 0 Å². The molecule has 3 atom stereocenters. The predicted molar refractivity (Wildman–Crippen MR) is 182 cm³/mol. The number of fused-ring (bicyclic) bond motifs is 1. The molecule has 246 valence electrons. The third-order valence-corrected chi connectivity index (χ3v) is 8.32. The van der Waals surface area contributed by atoms with Gasteiger partial charge in [-0.15, -0.1) is 0 Å². The molecule has 0 aliphatic rings. The third-order valence-electron chi connectivity index (χ3n) is 6.72. The number of aliphatic hydroxyl groups excluding tert-OH is 2. The lowest BCUT2D eigenvalue weighted by atomic mass is 9.99. The average Bonchev–Trinajstić information content (AvgIpc) is 3.36. The Labute approximate surface area is 288 Å². The number of carbonyl (C=O) groups is 4. The van der Waals surface area contributed by atoms with Crippen LogP contribution in [0.4, 0.5) is 0 Å². The molecule has 0 bridgehead atoms. The first kappa shape index (κ1) is 38.4. The van der Waals surface area contributed by atoms with Gasteiger partial charge in [0.15, 0.2) is 18.0 Å². The van der Waals surface area contributed by atoms with Gasteiger partial charge in [0.05, 0.1) is 18.8 Å². The number of hydrogen-bond donors (Lipinski definition) is 4. The third kappa shape index (κ3) is 10.9. The maximum Gasteiger partial charge on any atom is 0.335 e. The average molecular weight is 853 g/mol. The van der Waals surface area contributed by atoms with E-state index in [2.05, 4.69) is 63.9 Å². The van der Waals surface area contributed by atoms with E-state index in [-0.39, 0.29) is 18.3 Å². The monoisotopic (exact) mass is 853 g/mol. The molecule has 14 heteroatoms. The lowest BCUT2D eigenvalue weighted by molar-refractivity contribution is -0.165. The van der Waals surface area contributed by atoms with Gasteiger partial charge in [-0.3, -0.25) is 9.59 Å². The zero-order chi connectivity index (χ0) is 33.8. The molecule has 2 aromatic carbocycles. The molecule has 1 aromatic heterocycles. The normalized spacial score (nSPS) is 13.0. The Morgan fingerprint density at radius 3 is 2.00 bits per heavy atom. The topological polar surface area (TPSA) is 184 Å². The van der Waals surface area contributed by atoms with Crippen molar-refractivity contribution in [3.8, 4) is 5.75 Å². The molecular formula is C31H37I2NO11. The second-order valence-corrected chi connectivity index (χ2v) is 12.1. The summed E-state index contributed by atoms with van der Waals surface area (Å²) in [5.74, 6) is -3.02. The lowest BCUT2D eigenvalue weighted by Crippen LogP contribution is -2.39. The maximum absolute atomic E-state index is 13.7. The van der Waals surface area contributed by atoms with Gasteiger partial charge in [-0.25, -0.2) is 9.59 Å². The SMILES string of the molecule is CCC(C)OC(=O)Cc1oc2ccccc2c1C(=O)c1cc(I)c(OCCN(CC)CC)c(I)c1.O=C(O)[C@H](O)[C@@H](O)C(=O)O. The van der Waals surface area contributed by atoms with Crippen molar-refractivity contribution in [2.75, 3.05) is 26.2 Å². The van der Waals surface area contributed by atoms with Gasteiger partial charge < -0.3 is 39.2 Å². The van der Waals surface area contributed by atoms with Gasteiger partial charge in [0, 0.05) is 17.5 Å². The van der Waals surface area contributed by atoms with E-state index in [0.717, 1.165) is 38.9 Å². The van der Waals surface area contributed by atoms with Gasteiger partial charge in [0.2, 0.25) is 0 Å². The first-order chi connectivity index (χ1) is 21.2. The van der Waals surface area contributed by atoms with Crippen LogP contribution < -0.4 is 4.74 Å². The highest BCUT2D eigenvalue weighted by Gasteiger charge is 2.29. The summed E-state index contributed by atoms with van der Waals surface area (Å²) in [7, 11) is 0. The van der Waals surface area contributed by atoms with E-state index < -0.39 is 30.1 Å². The number of esters is 1. The fraction of sp³-hybridized carbons (Fsp3) is 0.419. The smallest absolute Gasteiger partial charge is 0.335 e. The second-order valence-electron chi connectivity index (χ2n) is 9.82. The molecule has 0 radical (unpaired) electrons. The number of ether oxygens (including phenoxy) is 2. The number of halogens is 2. The van der Waals surface area contributed by atoms with Crippen molar-refractivity contribution in [2.45, 2.75) is 58.8 Å². The van der Waals surface area contributed by atoms with Crippen molar-refractivity contribution >= 4 is 79.8 Å². The molecule has 0 aliphatic carbocycles. The van der Waals surface area contributed by atoms with E-state index in [9.17, 15) is 19.2 Å². The van der Waals surface area contributed by atoms with Gasteiger partial charge in [-0.1, -0.05) is 39.0 Å². The number of carboxylic acids is 2. The van der Waals surface area contributed by atoms with E-state index in [1.54, 1.807) is 6.07 Å². The van der Waals surface area contributed by atoms with Gasteiger partial charge in [0.1, 0.15) is 30.1 Å². The Morgan fingerprint density at radius 2 is 1.49 bits per heavy atom. The van der Waals surface area contributed by atoms with Crippen LogP contribution in [-0.2, 0) is 25.5 Å². The van der Waals surface area contributed by atoms with Crippen molar-refractivity contribution in [3.63, 3.8) is 0 Å². The standard InChI is InChI=1S/C27H31I2NO5.C4H6O6/c1-5-17(4)34-24(31)16-23-25(19-10-8-9-11-22(19)35-23)26(32)18-14-20(28)27(21(29)15-18)33-13-12-30(6-2)7-3;5-1(3(7)8)2(6)4(9)10/h8-11,14-15,17H,5-7,12-13,16H2,1-4H3;1-2,5-6H,(H,7,8)(H,9,10)/t;1-,2-/m.1/s1. The highest BCUT2D eigenvalue weighted by atomic mass is 127. The summed E-state index contributed by atoms with van der Waals surface area (Å²) < 4.78 is 19.2. The minimum absolute atomic E-state index is 0.0964. The minimum atomic E-state index is -2.27. The predicted octanol–water partition coefficient (Wildman–Crippen LogP) is 4.36. The molecule has 0 saturated carbocycles. The first-order valence-corrected chi connectivity index (χ1v) is 16.3. The Morgan fingerprint density at radius 1 is 0.933 bits per heavy atom. The highest BCUT2D eigenvalue weighted by Crippen LogP contribution is 2.33. The van der Waals surface area contributed by atoms with Gasteiger partial charge in [-0.05, 0) is 89.8 Å². The summed E-state index contributed by atoms with van der Waals surface area (Å²) in [6.45, 7) is 11.4. The minimum Gasteiger partial charge on any atom is -0.490 e. The second kappa shape index (κ2) is 18.4. The number of likely N-dealkylation sites (N-methyl/N-ethyl adjacent to an activating group) is 1. The number of nitrogens with zero attached hydrogens (tertiary/aromatic N) is 1. The van der Waals surface area contributed by atoms with Crippen LogP contribution in [0.1, 0.15) is 55.8 Å². The van der Waals surface area contributed by atoms with Crippen molar-refractivity contribution in [1.29, 1.82) is 0 Å². The van der Waals surface area contributed by atoms with Crippen LogP contribution in [-0.4, -0.2) is 93.6 Å². The Hall–Kier alpha value is -2.80. The summed E-state index contributed by atoms with van der Waals surface area (Å²) in [6.07, 6.45) is -4.10. The Kier molecular flexibility index (Phi) is 15.7. The molecule has 3 aromatic rings. The number of rotatable bonds is 15. The van der Waals surface area contributed by atoms with Crippen molar-refractivity contribution in [3.05, 3.63) is 60.4 Å². The molecule has 1 heterocycles. The van der Waals surface area contributed by atoms with Crippen LogP contribution in [0.15, 0.2) is 40.8 Å². The van der Waals surface area contributed by atoms with Crippen LogP contribution in [0.2, 0.25) is 0 Å². The van der Waals surface area contributed by atoms with Gasteiger partial charge in [-0.2, -0.15) is 0 Å². The van der Waals surface area contributed by atoms with Gasteiger partial charge >= 0.3 is 17.9 Å². The van der Waals surface area contributed by atoms with Gasteiger partial charge in [0.25, 0.3) is 0 Å². The van der Waals surface area contributed by atoms with E-state index in [1.165, 1.54) is 0 Å². The molecule has 3 rings (SSSR count). The molecule has 45 heavy (non-hydrogen) atoms. The largest absolute Gasteiger partial charge is 0.490 e. The lowest BCUT2D eigenvalue weighted by Gasteiger charge is -2.19. The fourth-order valence-electron chi connectivity index (χ4n) is 4.01. The molecule has 0 aliphatic heterocycles. The first-order valence-electron chi connectivity index (χ1n) is 14.2. The summed E-state index contributed by atoms with van der Waals surface area (Å²) >= 11 is 4.42. The number of para-hydroxylation sites is 1. The Bertz CT molecular complexity index is 1440. The van der Waals surface area contributed by atoms with Crippen LogP contribution in [0.25, 0.3) is 11.0 Å². The summed E-state index contributed by atoms with van der Waals surface area (Å²) in [5, 5.41) is 33.2. The molecular weight excluding hydrogens is 816 g/mol. The van der Waals surface area contributed by atoms with Crippen molar-refractivity contribution < 1.29 is 53.5 Å². The van der Waals surface area contributed by atoms with E-state index in [4.69, 9.17) is 34.3 Å². The molecule has 0 saturated heterocycles. The number of ketones is 1. The fourth-order valence-corrected chi connectivity index (χ4v) is 6.09. The molecule has 12 nitrogen and oxygen atoms in total. The Balaban J connectivity index is 0.000000607. The van der Waals surface area contributed by atoms with E-state index in [1.807, 2.05) is 44.2 Å². The van der Waals surface area contributed by atoms with E-state index >= 15 is 0 Å². The number of aliphatic carboxylic acids is 2. The molecule has 4 N–H and O–H groups in total. The number of furan rings is 1. The van der Waals surface area contributed by atoms with Crippen LogP contribution in [0, 0.1) is 7.14 Å². The molecule has 0 fully saturated rings. The number of hydrogen-bond acceptors (Lipinski definition) is 10. The zero-order valence-electron chi connectivity index (χ0n) is 25.3. The van der Waals surface area contributed by atoms with Crippen molar-refractivity contribution in [1.82, 2.24) is 4.90 Å². The molecule has 0 spiro atoms. The van der Waals surface area contributed by atoms with Crippen LogP contribution in [0.3, 0.4) is 0 Å². The zero-order valence-corrected chi connectivity index (χ0v) is 29.6.